The number of rotatable bonds is 3. The van der Waals surface area contributed by atoms with Crippen molar-refractivity contribution in [2.24, 2.45) is 0 Å². The van der Waals surface area contributed by atoms with Crippen LogP contribution in [0.5, 0.6) is 0 Å². The van der Waals surface area contributed by atoms with E-state index in [2.05, 4.69) is 10.1 Å². The van der Waals surface area contributed by atoms with Crippen LogP contribution in [0, 0.1) is 13.8 Å². The first-order valence-corrected chi connectivity index (χ1v) is 5.70. The largest absolute Gasteiger partial charge is 0.459 e. The Balaban J connectivity index is 2.32. The van der Waals surface area contributed by atoms with Gasteiger partial charge in [0.1, 0.15) is 0 Å². The van der Waals surface area contributed by atoms with Gasteiger partial charge in [0.05, 0.1) is 6.61 Å². The number of hydrogen-bond acceptors (Lipinski definition) is 5. The minimum Gasteiger partial charge on any atom is -0.459 e. The van der Waals surface area contributed by atoms with Crippen molar-refractivity contribution >= 4 is 5.97 Å². The molecule has 0 unspecified atom stereocenters. The third-order valence-electron chi connectivity index (χ3n) is 2.50. The third kappa shape index (κ3) is 2.40. The monoisotopic (exact) mass is 246 g/mol. The maximum Gasteiger partial charge on any atom is 0.397 e. The van der Waals surface area contributed by atoms with Gasteiger partial charge in [-0.3, -0.25) is 0 Å². The van der Waals surface area contributed by atoms with Crippen LogP contribution in [0.2, 0.25) is 0 Å². The van der Waals surface area contributed by atoms with E-state index < -0.39 is 5.97 Å². The van der Waals surface area contributed by atoms with Crippen molar-refractivity contribution in [1.82, 2.24) is 10.1 Å². The first-order valence-electron chi connectivity index (χ1n) is 5.70. The van der Waals surface area contributed by atoms with Gasteiger partial charge in [0, 0.05) is 5.56 Å². The molecule has 0 aliphatic carbocycles. The number of aryl methyl sites for hydroxylation is 2. The molecule has 1 heterocycles. The molecule has 94 valence electrons. The Morgan fingerprint density at radius 1 is 1.39 bits per heavy atom. The summed E-state index contributed by atoms with van der Waals surface area (Å²) < 4.78 is 9.67. The molecule has 0 aliphatic heterocycles. The smallest absolute Gasteiger partial charge is 0.397 e. The fraction of sp³-hybridized carbons (Fsp3) is 0.308. The summed E-state index contributed by atoms with van der Waals surface area (Å²) in [6, 6.07) is 5.89. The molecule has 0 aliphatic rings. The van der Waals surface area contributed by atoms with E-state index in [4.69, 9.17) is 9.26 Å². The van der Waals surface area contributed by atoms with Gasteiger partial charge >= 0.3 is 11.9 Å². The number of aromatic nitrogens is 2. The lowest BCUT2D eigenvalue weighted by Gasteiger charge is -2.01. The van der Waals surface area contributed by atoms with Crippen LogP contribution < -0.4 is 0 Å². The van der Waals surface area contributed by atoms with E-state index in [0.29, 0.717) is 5.82 Å². The Kier molecular flexibility index (Phi) is 3.41. The van der Waals surface area contributed by atoms with Crippen molar-refractivity contribution in [2.75, 3.05) is 6.61 Å². The molecule has 0 amide bonds. The van der Waals surface area contributed by atoms with Crippen LogP contribution in [0.1, 0.15) is 28.7 Å². The zero-order chi connectivity index (χ0) is 13.1. The Bertz CT molecular complexity index is 575. The van der Waals surface area contributed by atoms with Crippen molar-refractivity contribution < 1.29 is 14.1 Å². The van der Waals surface area contributed by atoms with Gasteiger partial charge < -0.3 is 9.26 Å². The summed E-state index contributed by atoms with van der Waals surface area (Å²) in [7, 11) is 0. The minimum absolute atomic E-state index is 0.119. The summed E-state index contributed by atoms with van der Waals surface area (Å²) in [5, 5.41) is 3.79. The molecule has 0 atom stereocenters. The SMILES string of the molecule is CCOC(=O)c1nc(-c2ccc(C)cc2C)no1. The van der Waals surface area contributed by atoms with Gasteiger partial charge in [-0.05, 0) is 26.3 Å². The highest BCUT2D eigenvalue weighted by molar-refractivity contribution is 5.84. The van der Waals surface area contributed by atoms with Crippen LogP contribution in [0.4, 0.5) is 0 Å². The molecule has 0 saturated carbocycles. The van der Waals surface area contributed by atoms with Crippen molar-refractivity contribution in [1.29, 1.82) is 0 Å². The summed E-state index contributed by atoms with van der Waals surface area (Å²) in [6.45, 7) is 5.97. The summed E-state index contributed by atoms with van der Waals surface area (Å²) >= 11 is 0. The zero-order valence-corrected chi connectivity index (χ0v) is 10.6. The summed E-state index contributed by atoms with van der Waals surface area (Å²) in [6.07, 6.45) is 0. The molecule has 1 aromatic heterocycles. The lowest BCUT2D eigenvalue weighted by molar-refractivity contribution is 0.0470. The van der Waals surface area contributed by atoms with Crippen LogP contribution in [-0.4, -0.2) is 22.7 Å². The number of esters is 1. The molecular formula is C13H14N2O3. The first-order chi connectivity index (χ1) is 8.61. The van der Waals surface area contributed by atoms with Crippen LogP contribution >= 0.6 is 0 Å². The molecule has 0 fully saturated rings. The molecule has 0 bridgehead atoms. The molecule has 0 N–H and O–H groups in total. The van der Waals surface area contributed by atoms with Crippen LogP contribution in [0.15, 0.2) is 22.7 Å². The Hall–Kier alpha value is -2.17. The number of hydrogen-bond donors (Lipinski definition) is 0. The van der Waals surface area contributed by atoms with E-state index in [1.54, 1.807) is 6.92 Å². The second-order valence-electron chi connectivity index (χ2n) is 3.96. The van der Waals surface area contributed by atoms with E-state index in [-0.39, 0.29) is 12.5 Å². The number of ether oxygens (including phenoxy) is 1. The predicted molar refractivity (Wildman–Crippen MR) is 65.2 cm³/mol. The molecule has 0 radical (unpaired) electrons. The Labute approximate surface area is 105 Å². The second kappa shape index (κ2) is 5.00. The molecule has 1 aromatic carbocycles. The van der Waals surface area contributed by atoms with Crippen molar-refractivity contribution in [2.45, 2.75) is 20.8 Å². The van der Waals surface area contributed by atoms with Gasteiger partial charge in [-0.25, -0.2) is 4.79 Å². The predicted octanol–water partition coefficient (Wildman–Crippen LogP) is 2.53. The standard InChI is InChI=1S/C13H14N2O3/c1-4-17-13(16)12-14-11(15-18-12)10-6-5-8(2)7-9(10)3/h5-7H,4H2,1-3H3. The Morgan fingerprint density at radius 3 is 2.83 bits per heavy atom. The quantitative estimate of drug-likeness (QED) is 0.778. The molecule has 0 spiro atoms. The summed E-state index contributed by atoms with van der Waals surface area (Å²) in [5.74, 6) is -0.316. The number of benzene rings is 1. The Morgan fingerprint density at radius 2 is 2.17 bits per heavy atom. The maximum atomic E-state index is 11.4. The molecule has 2 aromatic rings. The van der Waals surface area contributed by atoms with Gasteiger partial charge in [-0.1, -0.05) is 28.9 Å². The van der Waals surface area contributed by atoms with Crippen molar-refractivity contribution in [3.63, 3.8) is 0 Å². The number of carbonyl (C=O) groups excluding carboxylic acids is 1. The van der Waals surface area contributed by atoms with Gasteiger partial charge in [0.2, 0.25) is 5.82 Å². The maximum absolute atomic E-state index is 11.4. The van der Waals surface area contributed by atoms with Gasteiger partial charge in [-0.2, -0.15) is 4.98 Å². The molecular weight excluding hydrogens is 232 g/mol. The minimum atomic E-state index is -0.596. The highest BCUT2D eigenvalue weighted by Gasteiger charge is 2.17. The number of nitrogens with zero attached hydrogens (tertiary/aromatic N) is 2. The van der Waals surface area contributed by atoms with E-state index in [9.17, 15) is 4.79 Å². The summed E-state index contributed by atoms with van der Waals surface area (Å²) in [5.41, 5.74) is 3.04. The third-order valence-corrected chi connectivity index (χ3v) is 2.50. The average Bonchev–Trinajstić information content (AvgIpc) is 2.78. The van der Waals surface area contributed by atoms with Crippen molar-refractivity contribution in [3.05, 3.63) is 35.2 Å². The van der Waals surface area contributed by atoms with Gasteiger partial charge in [0.15, 0.2) is 0 Å². The zero-order valence-electron chi connectivity index (χ0n) is 10.6. The number of carbonyl (C=O) groups is 1. The first kappa shape index (κ1) is 12.3. The fourth-order valence-electron chi connectivity index (χ4n) is 1.67. The lowest BCUT2D eigenvalue weighted by atomic mass is 10.1. The van der Waals surface area contributed by atoms with Crippen LogP contribution in [0.25, 0.3) is 11.4 Å². The highest BCUT2D eigenvalue weighted by Crippen LogP contribution is 2.21. The average molecular weight is 246 g/mol. The summed E-state index contributed by atoms with van der Waals surface area (Å²) in [4.78, 5) is 15.4. The highest BCUT2D eigenvalue weighted by atomic mass is 16.6. The van der Waals surface area contributed by atoms with E-state index >= 15 is 0 Å². The van der Waals surface area contributed by atoms with E-state index in [1.165, 1.54) is 0 Å². The van der Waals surface area contributed by atoms with E-state index in [0.717, 1.165) is 16.7 Å². The fourth-order valence-corrected chi connectivity index (χ4v) is 1.67. The van der Waals surface area contributed by atoms with E-state index in [1.807, 2.05) is 32.0 Å². The second-order valence-corrected chi connectivity index (χ2v) is 3.96. The molecule has 5 heteroatoms. The molecule has 0 saturated heterocycles. The van der Waals surface area contributed by atoms with Crippen LogP contribution in [-0.2, 0) is 4.74 Å². The molecule has 5 nitrogen and oxygen atoms in total. The lowest BCUT2D eigenvalue weighted by Crippen LogP contribution is -2.04. The van der Waals surface area contributed by atoms with Gasteiger partial charge in [-0.15, -0.1) is 0 Å². The molecule has 18 heavy (non-hydrogen) atoms. The normalized spacial score (nSPS) is 10.4. The van der Waals surface area contributed by atoms with Crippen molar-refractivity contribution in [3.8, 4) is 11.4 Å². The molecule has 2 rings (SSSR count). The van der Waals surface area contributed by atoms with Crippen LogP contribution in [0.3, 0.4) is 0 Å². The topological polar surface area (TPSA) is 65.2 Å². The van der Waals surface area contributed by atoms with Gasteiger partial charge in [0.25, 0.3) is 0 Å².